The monoisotopic (exact) mass is 317 g/mol. The maximum absolute atomic E-state index is 12.0. The van der Waals surface area contributed by atoms with E-state index in [0.717, 1.165) is 6.20 Å². The van der Waals surface area contributed by atoms with Crippen LogP contribution in [0.4, 0.5) is 0 Å². The summed E-state index contributed by atoms with van der Waals surface area (Å²) in [6, 6.07) is -0.419. The van der Waals surface area contributed by atoms with Crippen LogP contribution in [0, 0.1) is 0 Å². The number of ether oxygens (including phenoxy) is 1. The van der Waals surface area contributed by atoms with Crippen LogP contribution in [0.15, 0.2) is 20.7 Å². The minimum atomic E-state index is -4.21. The molecular formula is C12H19N3O5S. The Balaban J connectivity index is 2.66. The largest absolute Gasteiger partial charge is 0.367 e. The quantitative estimate of drug-likeness (QED) is 0.775. The number of rotatable bonds is 2. The van der Waals surface area contributed by atoms with Crippen LogP contribution in [0.1, 0.15) is 40.2 Å². The van der Waals surface area contributed by atoms with E-state index in [1.165, 1.54) is 4.57 Å². The standard InChI is InChI=1S/C12H19N3O5S/c1-11(2)5-8(12(3,4)20-11)15-6-7(21(13,18)19)9(16)14-10(15)17/h6,8H,5H2,1-4H3,(H2,13,18,19)(H,14,16,17). The summed E-state index contributed by atoms with van der Waals surface area (Å²) in [6.07, 6.45) is 1.49. The molecule has 3 N–H and O–H groups in total. The van der Waals surface area contributed by atoms with Gasteiger partial charge in [0.25, 0.3) is 5.56 Å². The summed E-state index contributed by atoms with van der Waals surface area (Å²) in [6.45, 7) is 7.37. The van der Waals surface area contributed by atoms with Gasteiger partial charge in [-0.05, 0) is 34.1 Å². The molecule has 0 bridgehead atoms. The van der Waals surface area contributed by atoms with Gasteiger partial charge in [0.2, 0.25) is 10.0 Å². The average molecular weight is 317 g/mol. The number of hydrogen-bond acceptors (Lipinski definition) is 5. The molecule has 21 heavy (non-hydrogen) atoms. The molecule has 0 aliphatic carbocycles. The number of sulfonamides is 1. The lowest BCUT2D eigenvalue weighted by atomic mass is 9.94. The second-order valence-corrected chi connectivity index (χ2v) is 7.92. The molecule has 8 nitrogen and oxygen atoms in total. The third kappa shape index (κ3) is 2.94. The normalized spacial score (nSPS) is 24.1. The van der Waals surface area contributed by atoms with Crippen molar-refractivity contribution >= 4 is 10.0 Å². The molecule has 2 heterocycles. The number of primary sulfonamides is 1. The van der Waals surface area contributed by atoms with Crippen LogP contribution in [-0.2, 0) is 14.8 Å². The van der Waals surface area contributed by atoms with Gasteiger partial charge in [-0.25, -0.2) is 18.4 Å². The van der Waals surface area contributed by atoms with Crippen LogP contribution in [-0.4, -0.2) is 29.2 Å². The summed E-state index contributed by atoms with van der Waals surface area (Å²) >= 11 is 0. The highest BCUT2D eigenvalue weighted by Gasteiger charge is 2.47. The van der Waals surface area contributed by atoms with E-state index in [2.05, 4.69) is 0 Å². The Labute approximate surface area is 122 Å². The minimum absolute atomic E-state index is 0.419. The van der Waals surface area contributed by atoms with E-state index in [0.29, 0.717) is 6.42 Å². The number of hydrogen-bond donors (Lipinski definition) is 2. The molecule has 1 unspecified atom stereocenters. The van der Waals surface area contributed by atoms with Crippen molar-refractivity contribution in [1.29, 1.82) is 0 Å². The second kappa shape index (κ2) is 4.52. The first kappa shape index (κ1) is 15.9. The molecule has 1 aromatic rings. The van der Waals surface area contributed by atoms with E-state index in [4.69, 9.17) is 9.88 Å². The average Bonchev–Trinajstić information content (AvgIpc) is 2.44. The minimum Gasteiger partial charge on any atom is -0.367 e. The molecule has 0 amide bonds. The van der Waals surface area contributed by atoms with Crippen LogP contribution in [0.25, 0.3) is 0 Å². The third-order valence-corrected chi connectivity index (χ3v) is 4.51. The SMILES string of the molecule is CC1(C)CC(n2cc(S(N)(=O)=O)c(=O)[nH]c2=O)C(C)(C)O1. The molecule has 1 aliphatic heterocycles. The van der Waals surface area contributed by atoms with E-state index in [9.17, 15) is 18.0 Å². The molecule has 1 aromatic heterocycles. The van der Waals surface area contributed by atoms with Crippen molar-refractivity contribution in [3.8, 4) is 0 Å². The summed E-state index contributed by atoms with van der Waals surface area (Å²) < 4.78 is 29.9. The van der Waals surface area contributed by atoms with Crippen LogP contribution in [0.2, 0.25) is 0 Å². The Kier molecular flexibility index (Phi) is 3.43. The molecule has 1 fully saturated rings. The zero-order valence-electron chi connectivity index (χ0n) is 12.3. The van der Waals surface area contributed by atoms with Gasteiger partial charge in [0, 0.05) is 6.20 Å². The van der Waals surface area contributed by atoms with Crippen molar-refractivity contribution in [3.63, 3.8) is 0 Å². The highest BCUT2D eigenvalue weighted by molar-refractivity contribution is 7.89. The molecule has 0 aromatic carbocycles. The lowest BCUT2D eigenvalue weighted by molar-refractivity contribution is -0.0733. The molecule has 1 atom stereocenters. The number of aromatic amines is 1. The summed E-state index contributed by atoms with van der Waals surface area (Å²) in [4.78, 5) is 25.0. The number of nitrogens with two attached hydrogens (primary N) is 1. The van der Waals surface area contributed by atoms with E-state index in [1.807, 2.05) is 18.8 Å². The zero-order chi connectivity index (χ0) is 16.2. The van der Waals surface area contributed by atoms with Gasteiger partial charge in [0.1, 0.15) is 0 Å². The number of aromatic nitrogens is 2. The molecule has 0 saturated carbocycles. The van der Waals surface area contributed by atoms with Gasteiger partial charge < -0.3 is 4.74 Å². The van der Waals surface area contributed by atoms with Crippen LogP contribution < -0.4 is 16.4 Å². The van der Waals surface area contributed by atoms with E-state index in [-0.39, 0.29) is 0 Å². The maximum Gasteiger partial charge on any atom is 0.328 e. The molecular weight excluding hydrogens is 298 g/mol. The molecule has 118 valence electrons. The fraction of sp³-hybridized carbons (Fsp3) is 0.667. The number of nitrogens with zero attached hydrogens (tertiary/aromatic N) is 1. The smallest absolute Gasteiger partial charge is 0.328 e. The third-order valence-electron chi connectivity index (χ3n) is 3.60. The van der Waals surface area contributed by atoms with Crippen molar-refractivity contribution in [2.45, 2.75) is 56.3 Å². The molecule has 0 spiro atoms. The summed E-state index contributed by atoms with van der Waals surface area (Å²) in [5, 5.41) is 5.00. The van der Waals surface area contributed by atoms with E-state index >= 15 is 0 Å². The lowest BCUT2D eigenvalue weighted by Crippen LogP contribution is -2.41. The van der Waals surface area contributed by atoms with E-state index in [1.54, 1.807) is 13.8 Å². The Morgan fingerprint density at radius 1 is 1.33 bits per heavy atom. The van der Waals surface area contributed by atoms with Crippen molar-refractivity contribution in [3.05, 3.63) is 27.0 Å². The number of nitrogens with one attached hydrogen (secondary N) is 1. The Bertz CT molecular complexity index is 788. The Morgan fingerprint density at radius 2 is 1.90 bits per heavy atom. The first-order valence-electron chi connectivity index (χ1n) is 6.42. The van der Waals surface area contributed by atoms with Gasteiger partial charge in [-0.1, -0.05) is 0 Å². The van der Waals surface area contributed by atoms with Crippen LogP contribution in [0.5, 0.6) is 0 Å². The predicted octanol–water partition coefficient (Wildman–Crippen LogP) is -0.297. The van der Waals surface area contributed by atoms with Gasteiger partial charge in [-0.2, -0.15) is 0 Å². The van der Waals surface area contributed by atoms with Gasteiger partial charge in [-0.3, -0.25) is 14.3 Å². The fourth-order valence-corrected chi connectivity index (χ4v) is 3.44. The summed E-state index contributed by atoms with van der Waals surface area (Å²) in [5.41, 5.74) is -2.87. The Morgan fingerprint density at radius 3 is 2.33 bits per heavy atom. The zero-order valence-corrected chi connectivity index (χ0v) is 13.2. The molecule has 0 radical (unpaired) electrons. The van der Waals surface area contributed by atoms with Crippen molar-refractivity contribution < 1.29 is 13.2 Å². The molecule has 1 aliphatic rings. The van der Waals surface area contributed by atoms with Crippen LogP contribution >= 0.6 is 0 Å². The van der Waals surface area contributed by atoms with Crippen molar-refractivity contribution in [2.75, 3.05) is 0 Å². The molecule has 1 saturated heterocycles. The predicted molar refractivity (Wildman–Crippen MR) is 75.6 cm³/mol. The summed E-state index contributed by atoms with van der Waals surface area (Å²) in [7, 11) is -4.21. The van der Waals surface area contributed by atoms with Gasteiger partial charge >= 0.3 is 5.69 Å². The first-order chi connectivity index (χ1) is 9.33. The van der Waals surface area contributed by atoms with Gasteiger partial charge in [0.15, 0.2) is 4.90 Å². The van der Waals surface area contributed by atoms with Gasteiger partial charge in [-0.15, -0.1) is 0 Å². The van der Waals surface area contributed by atoms with Crippen LogP contribution in [0.3, 0.4) is 0 Å². The van der Waals surface area contributed by atoms with Gasteiger partial charge in [0.05, 0.1) is 17.2 Å². The molecule has 9 heteroatoms. The molecule has 2 rings (SSSR count). The van der Waals surface area contributed by atoms with Crippen molar-refractivity contribution in [2.24, 2.45) is 5.14 Å². The Hall–Kier alpha value is -1.45. The maximum atomic E-state index is 12.0. The lowest BCUT2D eigenvalue weighted by Gasteiger charge is -2.28. The highest BCUT2D eigenvalue weighted by atomic mass is 32.2. The topological polar surface area (TPSA) is 124 Å². The number of H-pyrrole nitrogens is 1. The second-order valence-electron chi connectivity index (χ2n) is 6.39. The summed E-state index contributed by atoms with van der Waals surface area (Å²) in [5.74, 6) is 0. The fourth-order valence-electron chi connectivity index (χ4n) is 2.87. The van der Waals surface area contributed by atoms with Crippen molar-refractivity contribution in [1.82, 2.24) is 9.55 Å². The first-order valence-corrected chi connectivity index (χ1v) is 7.97. The van der Waals surface area contributed by atoms with E-state index < -0.39 is 43.4 Å². The highest BCUT2D eigenvalue weighted by Crippen LogP contribution is 2.44.